The molecule has 2 rings (SSSR count). The fraction of sp³-hybridized carbons (Fsp3) is 0.250. The highest BCUT2D eigenvalue weighted by Crippen LogP contribution is 2.21. The number of phenolic OH excluding ortho intramolecular Hbond substituents is 1. The van der Waals surface area contributed by atoms with E-state index in [1.807, 2.05) is 24.5 Å². The van der Waals surface area contributed by atoms with Crippen LogP contribution in [0.3, 0.4) is 0 Å². The van der Waals surface area contributed by atoms with E-state index in [1.54, 1.807) is 16.8 Å². The van der Waals surface area contributed by atoms with Crippen LogP contribution in [0.5, 0.6) is 5.75 Å². The lowest BCUT2D eigenvalue weighted by Crippen LogP contribution is -1.94. The fourth-order valence-electron chi connectivity index (χ4n) is 1.42. The molecule has 1 aromatic carbocycles. The molecule has 0 unspecified atom stereocenters. The Bertz CT molecular complexity index is 460. The zero-order valence-electron chi connectivity index (χ0n) is 8.88. The van der Waals surface area contributed by atoms with Gasteiger partial charge in [0.15, 0.2) is 0 Å². The van der Waals surface area contributed by atoms with Crippen LogP contribution in [0.4, 0.5) is 0 Å². The SMILES string of the molecule is CC(C)c1cnn(-c2ccccc2O)c1. The van der Waals surface area contributed by atoms with Crippen LogP contribution >= 0.6 is 0 Å². The lowest BCUT2D eigenvalue weighted by atomic mass is 10.1. The van der Waals surface area contributed by atoms with Crippen LogP contribution in [0.25, 0.3) is 5.69 Å². The van der Waals surface area contributed by atoms with Gasteiger partial charge in [0.2, 0.25) is 0 Å². The van der Waals surface area contributed by atoms with Crippen molar-refractivity contribution in [3.05, 3.63) is 42.2 Å². The highest BCUT2D eigenvalue weighted by molar-refractivity contribution is 5.44. The number of benzene rings is 1. The summed E-state index contributed by atoms with van der Waals surface area (Å²) >= 11 is 0. The zero-order valence-corrected chi connectivity index (χ0v) is 8.88. The van der Waals surface area contributed by atoms with Crippen LogP contribution in [-0.2, 0) is 0 Å². The van der Waals surface area contributed by atoms with Gasteiger partial charge in [-0.2, -0.15) is 5.10 Å². The predicted molar refractivity (Wildman–Crippen MR) is 59.3 cm³/mol. The number of rotatable bonds is 2. The summed E-state index contributed by atoms with van der Waals surface area (Å²) in [5, 5.41) is 13.9. The van der Waals surface area contributed by atoms with Gasteiger partial charge in [-0.25, -0.2) is 4.68 Å². The molecule has 15 heavy (non-hydrogen) atoms. The summed E-state index contributed by atoms with van der Waals surface area (Å²) in [4.78, 5) is 0. The highest BCUT2D eigenvalue weighted by Gasteiger charge is 2.06. The first-order chi connectivity index (χ1) is 7.18. The van der Waals surface area contributed by atoms with Gasteiger partial charge in [-0.15, -0.1) is 0 Å². The summed E-state index contributed by atoms with van der Waals surface area (Å²) in [6.07, 6.45) is 3.77. The molecule has 1 N–H and O–H groups in total. The van der Waals surface area contributed by atoms with Crippen LogP contribution in [0.2, 0.25) is 0 Å². The summed E-state index contributed by atoms with van der Waals surface area (Å²) in [6, 6.07) is 7.18. The van der Waals surface area contributed by atoms with Crippen molar-refractivity contribution in [2.45, 2.75) is 19.8 Å². The molecule has 0 radical (unpaired) electrons. The molecule has 0 spiro atoms. The van der Waals surface area contributed by atoms with Gasteiger partial charge in [-0.05, 0) is 23.6 Å². The van der Waals surface area contributed by atoms with E-state index < -0.39 is 0 Å². The molecule has 78 valence electrons. The standard InChI is InChI=1S/C12H14N2O/c1-9(2)10-7-13-14(8-10)11-5-3-4-6-12(11)15/h3-9,15H,1-2H3. The second kappa shape index (κ2) is 3.77. The normalized spacial score (nSPS) is 10.9. The third kappa shape index (κ3) is 1.86. The van der Waals surface area contributed by atoms with Gasteiger partial charge in [0.25, 0.3) is 0 Å². The molecule has 1 heterocycles. The van der Waals surface area contributed by atoms with E-state index in [2.05, 4.69) is 18.9 Å². The van der Waals surface area contributed by atoms with E-state index in [9.17, 15) is 5.11 Å². The number of hydrogen-bond donors (Lipinski definition) is 1. The Morgan fingerprint density at radius 2 is 2.00 bits per heavy atom. The van der Waals surface area contributed by atoms with Crippen LogP contribution in [0.15, 0.2) is 36.7 Å². The summed E-state index contributed by atoms with van der Waals surface area (Å²) in [7, 11) is 0. The van der Waals surface area contributed by atoms with E-state index in [0.29, 0.717) is 11.6 Å². The summed E-state index contributed by atoms with van der Waals surface area (Å²) in [6.45, 7) is 4.23. The molecule has 0 amide bonds. The molecule has 3 nitrogen and oxygen atoms in total. The maximum atomic E-state index is 9.65. The maximum absolute atomic E-state index is 9.65. The van der Waals surface area contributed by atoms with Crippen molar-refractivity contribution in [2.75, 3.05) is 0 Å². The van der Waals surface area contributed by atoms with Gasteiger partial charge in [-0.1, -0.05) is 26.0 Å². The first-order valence-corrected chi connectivity index (χ1v) is 5.01. The quantitative estimate of drug-likeness (QED) is 0.813. The number of phenols is 1. The van der Waals surface area contributed by atoms with E-state index in [1.165, 1.54) is 5.56 Å². The number of aromatic nitrogens is 2. The fourth-order valence-corrected chi connectivity index (χ4v) is 1.42. The van der Waals surface area contributed by atoms with Gasteiger partial charge < -0.3 is 5.11 Å². The van der Waals surface area contributed by atoms with Gasteiger partial charge >= 0.3 is 0 Å². The Hall–Kier alpha value is -1.77. The van der Waals surface area contributed by atoms with Gasteiger partial charge in [0.05, 0.1) is 6.20 Å². The van der Waals surface area contributed by atoms with Crippen molar-refractivity contribution in [3.63, 3.8) is 0 Å². The minimum atomic E-state index is 0.246. The van der Waals surface area contributed by atoms with E-state index in [4.69, 9.17) is 0 Å². The maximum Gasteiger partial charge on any atom is 0.141 e. The molecule has 2 aromatic rings. The zero-order chi connectivity index (χ0) is 10.8. The Morgan fingerprint density at radius 3 is 2.60 bits per heavy atom. The monoisotopic (exact) mass is 202 g/mol. The topological polar surface area (TPSA) is 38.0 Å². The summed E-state index contributed by atoms with van der Waals surface area (Å²) < 4.78 is 1.70. The van der Waals surface area contributed by atoms with Crippen LogP contribution in [-0.4, -0.2) is 14.9 Å². The second-order valence-corrected chi connectivity index (χ2v) is 3.86. The largest absolute Gasteiger partial charge is 0.506 e. The molecule has 0 aliphatic heterocycles. The van der Waals surface area contributed by atoms with Gasteiger partial charge in [-0.3, -0.25) is 0 Å². The average Bonchev–Trinajstić information content (AvgIpc) is 2.67. The van der Waals surface area contributed by atoms with Crippen molar-refractivity contribution >= 4 is 0 Å². The third-order valence-electron chi connectivity index (χ3n) is 2.40. The second-order valence-electron chi connectivity index (χ2n) is 3.86. The van der Waals surface area contributed by atoms with E-state index in [0.717, 1.165) is 0 Å². The Balaban J connectivity index is 2.42. The first-order valence-electron chi connectivity index (χ1n) is 5.01. The number of aromatic hydroxyl groups is 1. The summed E-state index contributed by atoms with van der Waals surface area (Å²) in [5.41, 5.74) is 1.88. The Labute approximate surface area is 89.0 Å². The lowest BCUT2D eigenvalue weighted by molar-refractivity contribution is 0.470. The van der Waals surface area contributed by atoms with Crippen molar-refractivity contribution < 1.29 is 5.11 Å². The predicted octanol–water partition coefficient (Wildman–Crippen LogP) is 2.70. The number of hydrogen-bond acceptors (Lipinski definition) is 2. The van der Waals surface area contributed by atoms with E-state index >= 15 is 0 Å². The molecule has 1 aromatic heterocycles. The van der Waals surface area contributed by atoms with E-state index in [-0.39, 0.29) is 5.75 Å². The van der Waals surface area contributed by atoms with Crippen LogP contribution in [0, 0.1) is 0 Å². The molecular formula is C12H14N2O. The highest BCUT2D eigenvalue weighted by atomic mass is 16.3. The van der Waals surface area contributed by atoms with Crippen molar-refractivity contribution in [1.29, 1.82) is 0 Å². The summed E-state index contributed by atoms with van der Waals surface area (Å²) in [5.74, 6) is 0.695. The number of nitrogens with zero attached hydrogens (tertiary/aromatic N) is 2. The Morgan fingerprint density at radius 1 is 1.27 bits per heavy atom. The smallest absolute Gasteiger partial charge is 0.141 e. The molecule has 0 saturated carbocycles. The molecule has 0 fully saturated rings. The van der Waals surface area contributed by atoms with Gasteiger partial charge in [0, 0.05) is 6.20 Å². The Kier molecular flexibility index (Phi) is 2.46. The van der Waals surface area contributed by atoms with Crippen molar-refractivity contribution in [2.24, 2.45) is 0 Å². The van der Waals surface area contributed by atoms with Gasteiger partial charge in [0.1, 0.15) is 11.4 Å². The lowest BCUT2D eigenvalue weighted by Gasteiger charge is -2.03. The minimum absolute atomic E-state index is 0.246. The number of para-hydroxylation sites is 2. The molecule has 0 aliphatic rings. The third-order valence-corrected chi connectivity index (χ3v) is 2.40. The molecule has 0 saturated heterocycles. The minimum Gasteiger partial charge on any atom is -0.506 e. The molecule has 0 bridgehead atoms. The first kappa shape index (κ1) is 9.77. The van der Waals surface area contributed by atoms with Crippen molar-refractivity contribution in [3.8, 4) is 11.4 Å². The molecule has 3 heteroatoms. The average molecular weight is 202 g/mol. The van der Waals surface area contributed by atoms with Crippen LogP contribution in [0.1, 0.15) is 25.3 Å². The van der Waals surface area contributed by atoms with Crippen molar-refractivity contribution in [1.82, 2.24) is 9.78 Å². The molecular weight excluding hydrogens is 188 g/mol. The molecule has 0 atom stereocenters. The molecule has 0 aliphatic carbocycles. The van der Waals surface area contributed by atoms with Crippen LogP contribution < -0.4 is 0 Å².